The molecule has 2 amide bonds. The molecule has 1 aliphatic rings. The van der Waals surface area contributed by atoms with Crippen LogP contribution in [0.5, 0.6) is 0 Å². The highest BCUT2D eigenvalue weighted by atomic mass is 16.5. The zero-order valence-electron chi connectivity index (χ0n) is 10.8. The first kappa shape index (κ1) is 12.8. The molecule has 0 bridgehead atoms. The quantitative estimate of drug-likeness (QED) is 0.864. The molecule has 0 aliphatic carbocycles. The summed E-state index contributed by atoms with van der Waals surface area (Å²) in [4.78, 5) is 18.1. The molecule has 1 atom stereocenters. The van der Waals surface area contributed by atoms with E-state index in [1.807, 2.05) is 26.0 Å². The Morgan fingerprint density at radius 3 is 2.89 bits per heavy atom. The summed E-state index contributed by atoms with van der Waals surface area (Å²) >= 11 is 0. The van der Waals surface area contributed by atoms with Crippen LogP contribution in [0.4, 0.5) is 4.79 Å². The number of morpholine rings is 1. The first-order valence-corrected chi connectivity index (χ1v) is 6.23. The predicted octanol–water partition coefficient (Wildman–Crippen LogP) is 1.49. The van der Waals surface area contributed by atoms with Gasteiger partial charge in [-0.1, -0.05) is 6.07 Å². The Hall–Kier alpha value is -1.62. The molecule has 0 spiro atoms. The standard InChI is InChI=1S/C13H19N3O2/c1-10-4-3-5-14-12(10)11(2)15-13(17)16-6-8-18-9-7-16/h3-5,11H,6-9H2,1-2H3,(H,15,17). The van der Waals surface area contributed by atoms with E-state index in [1.165, 1.54) is 0 Å². The van der Waals surface area contributed by atoms with Gasteiger partial charge in [-0.05, 0) is 25.5 Å². The molecule has 0 radical (unpaired) electrons. The van der Waals surface area contributed by atoms with Gasteiger partial charge in [-0.2, -0.15) is 0 Å². The van der Waals surface area contributed by atoms with E-state index in [-0.39, 0.29) is 12.1 Å². The number of carbonyl (C=O) groups excluding carboxylic acids is 1. The van der Waals surface area contributed by atoms with Crippen LogP contribution >= 0.6 is 0 Å². The van der Waals surface area contributed by atoms with Crippen molar-refractivity contribution in [3.8, 4) is 0 Å². The number of carbonyl (C=O) groups is 1. The van der Waals surface area contributed by atoms with Crippen molar-refractivity contribution in [1.82, 2.24) is 15.2 Å². The maximum absolute atomic E-state index is 12.0. The second-order valence-electron chi connectivity index (χ2n) is 4.48. The second-order valence-corrected chi connectivity index (χ2v) is 4.48. The van der Waals surface area contributed by atoms with E-state index in [4.69, 9.17) is 4.74 Å². The first-order valence-electron chi connectivity index (χ1n) is 6.23. The summed E-state index contributed by atoms with van der Waals surface area (Å²) in [5.41, 5.74) is 2.01. The lowest BCUT2D eigenvalue weighted by Gasteiger charge is -2.28. The highest BCUT2D eigenvalue weighted by molar-refractivity contribution is 5.74. The summed E-state index contributed by atoms with van der Waals surface area (Å²) in [6, 6.07) is 3.77. The molecule has 5 heteroatoms. The Labute approximate surface area is 107 Å². The third-order valence-corrected chi connectivity index (χ3v) is 3.10. The van der Waals surface area contributed by atoms with E-state index in [2.05, 4.69) is 10.3 Å². The van der Waals surface area contributed by atoms with Gasteiger partial charge >= 0.3 is 6.03 Å². The van der Waals surface area contributed by atoms with Crippen molar-refractivity contribution in [2.45, 2.75) is 19.9 Å². The highest BCUT2D eigenvalue weighted by Gasteiger charge is 2.19. The smallest absolute Gasteiger partial charge is 0.318 e. The summed E-state index contributed by atoms with van der Waals surface area (Å²) in [7, 11) is 0. The lowest BCUT2D eigenvalue weighted by atomic mass is 10.1. The molecule has 1 aromatic heterocycles. The van der Waals surface area contributed by atoms with Gasteiger partial charge in [0.05, 0.1) is 24.9 Å². The number of hydrogen-bond acceptors (Lipinski definition) is 3. The number of hydrogen-bond donors (Lipinski definition) is 1. The van der Waals surface area contributed by atoms with Crippen molar-refractivity contribution in [2.75, 3.05) is 26.3 Å². The summed E-state index contributed by atoms with van der Waals surface area (Å²) in [6.45, 7) is 6.49. The van der Waals surface area contributed by atoms with E-state index < -0.39 is 0 Å². The van der Waals surface area contributed by atoms with Crippen molar-refractivity contribution in [1.29, 1.82) is 0 Å². The fourth-order valence-corrected chi connectivity index (χ4v) is 2.06. The lowest BCUT2D eigenvalue weighted by Crippen LogP contribution is -2.46. The maximum atomic E-state index is 12.0. The molecule has 2 rings (SSSR count). The number of nitrogens with zero attached hydrogens (tertiary/aromatic N) is 2. The Morgan fingerprint density at radius 2 is 2.22 bits per heavy atom. The topological polar surface area (TPSA) is 54.5 Å². The molecule has 2 heterocycles. The van der Waals surface area contributed by atoms with Crippen LogP contribution < -0.4 is 5.32 Å². The molecule has 1 fully saturated rings. The second kappa shape index (κ2) is 5.82. The van der Waals surface area contributed by atoms with Crippen molar-refractivity contribution in [2.24, 2.45) is 0 Å². The Morgan fingerprint density at radius 1 is 1.50 bits per heavy atom. The van der Waals surface area contributed by atoms with Crippen LogP contribution in [-0.4, -0.2) is 42.2 Å². The lowest BCUT2D eigenvalue weighted by molar-refractivity contribution is 0.0526. The summed E-state index contributed by atoms with van der Waals surface area (Å²) < 4.78 is 5.22. The average molecular weight is 249 g/mol. The van der Waals surface area contributed by atoms with Gasteiger partial charge in [-0.25, -0.2) is 4.79 Å². The summed E-state index contributed by atoms with van der Waals surface area (Å²) in [5, 5.41) is 2.98. The molecule has 1 aliphatic heterocycles. The van der Waals surface area contributed by atoms with Crippen LogP contribution in [-0.2, 0) is 4.74 Å². The van der Waals surface area contributed by atoms with E-state index in [0.29, 0.717) is 26.3 Å². The van der Waals surface area contributed by atoms with Gasteiger partial charge in [-0.3, -0.25) is 4.98 Å². The largest absolute Gasteiger partial charge is 0.378 e. The maximum Gasteiger partial charge on any atom is 0.318 e. The molecule has 98 valence electrons. The van der Waals surface area contributed by atoms with E-state index in [9.17, 15) is 4.79 Å². The van der Waals surface area contributed by atoms with Crippen LogP contribution in [0.1, 0.15) is 24.2 Å². The number of aryl methyl sites for hydroxylation is 1. The van der Waals surface area contributed by atoms with Gasteiger partial charge in [0.25, 0.3) is 0 Å². The van der Waals surface area contributed by atoms with Gasteiger partial charge < -0.3 is 15.0 Å². The fourth-order valence-electron chi connectivity index (χ4n) is 2.06. The first-order chi connectivity index (χ1) is 8.68. The van der Waals surface area contributed by atoms with E-state index in [1.54, 1.807) is 11.1 Å². The number of nitrogens with one attached hydrogen (secondary N) is 1. The third kappa shape index (κ3) is 2.98. The number of aromatic nitrogens is 1. The van der Waals surface area contributed by atoms with Crippen molar-refractivity contribution in [3.63, 3.8) is 0 Å². The van der Waals surface area contributed by atoms with Gasteiger partial charge in [0.1, 0.15) is 0 Å². The van der Waals surface area contributed by atoms with Gasteiger partial charge in [0.2, 0.25) is 0 Å². The van der Waals surface area contributed by atoms with Crippen LogP contribution in [0.15, 0.2) is 18.3 Å². The minimum Gasteiger partial charge on any atom is -0.378 e. The number of urea groups is 1. The van der Waals surface area contributed by atoms with Gasteiger partial charge in [0, 0.05) is 19.3 Å². The predicted molar refractivity (Wildman–Crippen MR) is 68.3 cm³/mol. The number of amides is 2. The fraction of sp³-hybridized carbons (Fsp3) is 0.538. The number of ether oxygens (including phenoxy) is 1. The Balaban J connectivity index is 1.96. The van der Waals surface area contributed by atoms with Gasteiger partial charge in [-0.15, -0.1) is 0 Å². The van der Waals surface area contributed by atoms with Crippen LogP contribution in [0.2, 0.25) is 0 Å². The monoisotopic (exact) mass is 249 g/mol. The zero-order valence-corrected chi connectivity index (χ0v) is 10.8. The molecular weight excluding hydrogens is 230 g/mol. The van der Waals surface area contributed by atoms with Crippen molar-refractivity contribution < 1.29 is 9.53 Å². The molecular formula is C13H19N3O2. The van der Waals surface area contributed by atoms with Crippen molar-refractivity contribution in [3.05, 3.63) is 29.6 Å². The SMILES string of the molecule is Cc1cccnc1C(C)NC(=O)N1CCOCC1. The molecule has 0 saturated carbocycles. The van der Waals surface area contributed by atoms with Crippen molar-refractivity contribution >= 4 is 6.03 Å². The molecule has 1 N–H and O–H groups in total. The third-order valence-electron chi connectivity index (χ3n) is 3.10. The molecule has 1 unspecified atom stereocenters. The van der Waals surface area contributed by atoms with Crippen LogP contribution in [0.3, 0.4) is 0 Å². The Kier molecular flexibility index (Phi) is 4.15. The highest BCUT2D eigenvalue weighted by Crippen LogP contribution is 2.14. The van der Waals surface area contributed by atoms with E-state index in [0.717, 1.165) is 11.3 Å². The van der Waals surface area contributed by atoms with Crippen LogP contribution in [0, 0.1) is 6.92 Å². The molecule has 1 aromatic rings. The molecule has 5 nitrogen and oxygen atoms in total. The molecule has 1 saturated heterocycles. The molecule has 0 aromatic carbocycles. The zero-order chi connectivity index (χ0) is 13.0. The average Bonchev–Trinajstić information content (AvgIpc) is 2.40. The minimum atomic E-state index is -0.0819. The molecule has 18 heavy (non-hydrogen) atoms. The van der Waals surface area contributed by atoms with Gasteiger partial charge in [0.15, 0.2) is 0 Å². The summed E-state index contributed by atoms with van der Waals surface area (Å²) in [5.74, 6) is 0. The number of rotatable bonds is 2. The van der Waals surface area contributed by atoms with Crippen LogP contribution in [0.25, 0.3) is 0 Å². The Bertz CT molecular complexity index is 416. The summed E-state index contributed by atoms with van der Waals surface area (Å²) in [6.07, 6.45) is 1.75. The number of pyridine rings is 1. The minimum absolute atomic E-state index is 0.0455. The van der Waals surface area contributed by atoms with E-state index >= 15 is 0 Å². The normalized spacial score (nSPS) is 17.3.